The fourth-order valence-corrected chi connectivity index (χ4v) is 6.49. The lowest BCUT2D eigenvalue weighted by molar-refractivity contribution is 0.591. The van der Waals surface area contributed by atoms with Gasteiger partial charge in [-0.1, -0.05) is 95.8 Å². The summed E-state index contributed by atoms with van der Waals surface area (Å²) < 4.78 is 0. The van der Waals surface area contributed by atoms with Gasteiger partial charge in [-0.2, -0.15) is 10.5 Å². The Bertz CT molecular complexity index is 1660. The summed E-state index contributed by atoms with van der Waals surface area (Å²) >= 11 is 0. The van der Waals surface area contributed by atoms with Gasteiger partial charge in [0.05, 0.1) is 17.2 Å². The van der Waals surface area contributed by atoms with Crippen LogP contribution in [0.1, 0.15) is 100 Å². The summed E-state index contributed by atoms with van der Waals surface area (Å²) in [6.45, 7) is 9.12. The maximum atomic E-state index is 10.8. The molecular weight excluding hydrogens is 436 g/mol. The number of hydrogen-bond acceptors (Lipinski definition) is 2. The number of unbranched alkanes of at least 4 members (excludes halogenated alkanes) is 2. The van der Waals surface area contributed by atoms with Crippen LogP contribution in [-0.2, 0) is 0 Å². The molecule has 2 unspecified atom stereocenters. The van der Waals surface area contributed by atoms with Crippen molar-refractivity contribution in [3.8, 4) is 12.1 Å². The van der Waals surface area contributed by atoms with Crippen LogP contribution < -0.4 is 0 Å². The molecule has 180 valence electrons. The Balaban J connectivity index is 2.08. The van der Waals surface area contributed by atoms with Gasteiger partial charge in [-0.15, -0.1) is 0 Å². The number of benzene rings is 5. The van der Waals surface area contributed by atoms with E-state index in [1.54, 1.807) is 0 Å². The predicted molar refractivity (Wildman–Crippen MR) is 153 cm³/mol. The van der Waals surface area contributed by atoms with E-state index in [9.17, 15) is 10.5 Å². The van der Waals surface area contributed by atoms with Crippen LogP contribution in [0.2, 0.25) is 0 Å². The third-order valence-electron chi connectivity index (χ3n) is 8.20. The van der Waals surface area contributed by atoms with Gasteiger partial charge in [-0.05, 0) is 68.8 Å². The fraction of sp³-hybridized carbons (Fsp3) is 0.353. The van der Waals surface area contributed by atoms with E-state index >= 15 is 0 Å². The Morgan fingerprint density at radius 1 is 0.639 bits per heavy atom. The van der Waals surface area contributed by atoms with E-state index in [1.165, 1.54) is 22.9 Å². The molecule has 0 amide bonds. The number of nitrogens with zero attached hydrogens (tertiary/aromatic N) is 2. The zero-order chi connectivity index (χ0) is 25.4. The smallest absolute Gasteiger partial charge is 0.100 e. The van der Waals surface area contributed by atoms with E-state index in [0.717, 1.165) is 75.4 Å². The first kappa shape index (κ1) is 24.1. The van der Waals surface area contributed by atoms with Crippen LogP contribution in [-0.4, -0.2) is 0 Å². The average Bonchev–Trinajstić information content (AvgIpc) is 2.91. The van der Waals surface area contributed by atoms with Gasteiger partial charge >= 0.3 is 0 Å². The highest BCUT2D eigenvalue weighted by Crippen LogP contribution is 2.49. The van der Waals surface area contributed by atoms with Gasteiger partial charge in [0.15, 0.2) is 0 Å². The normalized spacial score (nSPS) is 13.4. The first-order valence-corrected chi connectivity index (χ1v) is 13.6. The first-order valence-electron chi connectivity index (χ1n) is 13.6. The molecule has 0 spiro atoms. The van der Waals surface area contributed by atoms with Crippen LogP contribution in [0.5, 0.6) is 0 Å². The highest BCUT2D eigenvalue weighted by atomic mass is 14.3. The van der Waals surface area contributed by atoms with Crippen molar-refractivity contribution in [1.29, 1.82) is 10.5 Å². The van der Waals surface area contributed by atoms with Gasteiger partial charge in [0.2, 0.25) is 0 Å². The minimum absolute atomic E-state index is 0.301. The largest absolute Gasteiger partial charge is 0.192 e. The highest BCUT2D eigenvalue weighted by Gasteiger charge is 2.28. The molecule has 0 aliphatic heterocycles. The van der Waals surface area contributed by atoms with Gasteiger partial charge in [-0.25, -0.2) is 0 Å². The summed E-state index contributed by atoms with van der Waals surface area (Å²) in [4.78, 5) is 0. The van der Waals surface area contributed by atoms with Crippen LogP contribution >= 0.6 is 0 Å². The number of rotatable bonds is 8. The number of fused-ring (bicyclic) bond motifs is 2. The van der Waals surface area contributed by atoms with Crippen molar-refractivity contribution >= 4 is 43.1 Å². The molecule has 0 saturated carbocycles. The molecule has 0 N–H and O–H groups in total. The summed E-state index contributed by atoms with van der Waals surface area (Å²) in [6.07, 6.45) is 6.80. The number of hydrogen-bond donors (Lipinski definition) is 0. The van der Waals surface area contributed by atoms with Crippen LogP contribution in [0.4, 0.5) is 0 Å². The molecule has 2 atom stereocenters. The summed E-state index contributed by atoms with van der Waals surface area (Å²) in [5.41, 5.74) is 4.08. The molecule has 36 heavy (non-hydrogen) atoms. The van der Waals surface area contributed by atoms with Crippen molar-refractivity contribution in [2.45, 2.75) is 78.1 Å². The molecule has 0 bridgehead atoms. The van der Waals surface area contributed by atoms with E-state index in [1.807, 2.05) is 6.07 Å². The minimum Gasteiger partial charge on any atom is -0.192 e. The molecule has 0 heterocycles. The average molecular weight is 471 g/mol. The second-order valence-corrected chi connectivity index (χ2v) is 10.5. The van der Waals surface area contributed by atoms with Crippen LogP contribution in [0, 0.1) is 22.7 Å². The Morgan fingerprint density at radius 3 is 1.83 bits per heavy atom. The molecule has 2 nitrogen and oxygen atoms in total. The Morgan fingerprint density at radius 2 is 1.25 bits per heavy atom. The summed E-state index contributed by atoms with van der Waals surface area (Å²) in [5, 5.41) is 29.9. The summed E-state index contributed by atoms with van der Waals surface area (Å²) in [5.74, 6) is 0.647. The SMILES string of the molecule is CCCCC(C)c1c(C(C)CCCC)c2ccc(C#N)c3c4cccc5cccc(c(c1C#N)c23)c54. The fourth-order valence-electron chi connectivity index (χ4n) is 6.49. The second-order valence-electron chi connectivity index (χ2n) is 10.5. The third kappa shape index (κ3) is 3.60. The van der Waals surface area contributed by atoms with Crippen molar-refractivity contribution in [2.75, 3.05) is 0 Å². The first-order chi connectivity index (χ1) is 17.6. The minimum atomic E-state index is 0.301. The Labute approximate surface area is 214 Å². The summed E-state index contributed by atoms with van der Waals surface area (Å²) in [6, 6.07) is 22.1. The second kappa shape index (κ2) is 9.79. The molecule has 0 aromatic heterocycles. The molecule has 0 fully saturated rings. The lowest BCUT2D eigenvalue weighted by Crippen LogP contribution is -2.09. The Kier molecular flexibility index (Phi) is 6.55. The van der Waals surface area contributed by atoms with E-state index < -0.39 is 0 Å². The van der Waals surface area contributed by atoms with Crippen LogP contribution in [0.3, 0.4) is 0 Å². The molecule has 0 aliphatic rings. The molecule has 0 radical (unpaired) electrons. The zero-order valence-corrected chi connectivity index (χ0v) is 21.9. The van der Waals surface area contributed by atoms with Gasteiger partial charge in [0.25, 0.3) is 0 Å². The van der Waals surface area contributed by atoms with Crippen LogP contribution in [0.15, 0.2) is 48.5 Å². The quantitative estimate of drug-likeness (QED) is 0.167. The van der Waals surface area contributed by atoms with Gasteiger partial charge in [-0.3, -0.25) is 0 Å². The predicted octanol–water partition coefficient (Wildman–Crippen LogP) is 10.1. The third-order valence-corrected chi connectivity index (χ3v) is 8.20. The molecule has 0 saturated heterocycles. The lowest BCUT2D eigenvalue weighted by atomic mass is 9.75. The monoisotopic (exact) mass is 470 g/mol. The molecule has 5 rings (SSSR count). The van der Waals surface area contributed by atoms with Crippen molar-refractivity contribution in [3.05, 3.63) is 70.8 Å². The molecule has 0 aliphatic carbocycles. The van der Waals surface area contributed by atoms with E-state index in [2.05, 4.69) is 82.3 Å². The van der Waals surface area contributed by atoms with Gasteiger partial charge < -0.3 is 0 Å². The van der Waals surface area contributed by atoms with E-state index in [-0.39, 0.29) is 0 Å². The van der Waals surface area contributed by atoms with Crippen molar-refractivity contribution < 1.29 is 0 Å². The van der Waals surface area contributed by atoms with E-state index in [4.69, 9.17) is 0 Å². The van der Waals surface area contributed by atoms with Crippen molar-refractivity contribution in [1.82, 2.24) is 0 Å². The lowest BCUT2D eigenvalue weighted by Gasteiger charge is -2.27. The molecular formula is C34H34N2. The Hall–Kier alpha value is -3.62. The standard InChI is InChI=1S/C34H34N2/c1-5-7-11-21(3)29-27-18-17-24(19-35)32-25-15-9-13-23-14-10-16-26(31(23)25)33(34(27)32)28(20-36)30(29)22(4)12-8-6-2/h9-10,13-18,21-22H,5-8,11-12H2,1-4H3. The molecule has 2 heteroatoms. The highest BCUT2D eigenvalue weighted by molar-refractivity contribution is 6.35. The van der Waals surface area contributed by atoms with Crippen molar-refractivity contribution in [3.63, 3.8) is 0 Å². The number of nitriles is 2. The van der Waals surface area contributed by atoms with Crippen molar-refractivity contribution in [2.24, 2.45) is 0 Å². The zero-order valence-electron chi connectivity index (χ0n) is 21.9. The maximum Gasteiger partial charge on any atom is 0.100 e. The molecule has 5 aromatic rings. The van der Waals surface area contributed by atoms with Gasteiger partial charge in [0, 0.05) is 16.2 Å². The van der Waals surface area contributed by atoms with Gasteiger partial charge in [0.1, 0.15) is 6.07 Å². The topological polar surface area (TPSA) is 47.6 Å². The summed E-state index contributed by atoms with van der Waals surface area (Å²) in [7, 11) is 0. The van der Waals surface area contributed by atoms with E-state index in [0.29, 0.717) is 17.4 Å². The maximum absolute atomic E-state index is 10.8. The van der Waals surface area contributed by atoms with Crippen LogP contribution in [0.25, 0.3) is 43.1 Å². The molecule has 5 aromatic carbocycles.